The lowest BCUT2D eigenvalue weighted by Gasteiger charge is -2.37. The summed E-state index contributed by atoms with van der Waals surface area (Å²) in [6, 6.07) is 5.74. The normalized spacial score (nSPS) is 23.6. The molecule has 2 aromatic heterocycles. The van der Waals surface area contributed by atoms with E-state index in [0.29, 0.717) is 35.9 Å². The van der Waals surface area contributed by atoms with Crippen LogP contribution in [-0.4, -0.2) is 56.6 Å². The van der Waals surface area contributed by atoms with Gasteiger partial charge in [0.1, 0.15) is 22.6 Å². The molecule has 34 heavy (non-hydrogen) atoms. The van der Waals surface area contributed by atoms with E-state index in [1.165, 1.54) is 19.0 Å². The SMILES string of the molecule is C[C@]1(C2CC2)Cc2cc(NC(=O)c3cnn4cccnc34)c(N3CCC(F)(CO)CC3)cc2O1. The Morgan fingerprint density at radius 2 is 2.12 bits per heavy atom. The number of anilines is 2. The molecule has 0 spiro atoms. The molecular formula is C25H28FN5O3. The molecule has 1 aromatic carbocycles. The van der Waals surface area contributed by atoms with Crippen LogP contribution in [0.3, 0.4) is 0 Å². The van der Waals surface area contributed by atoms with Crippen molar-refractivity contribution in [1.82, 2.24) is 14.6 Å². The fraction of sp³-hybridized carbons (Fsp3) is 0.480. The maximum Gasteiger partial charge on any atom is 0.261 e. The smallest absolute Gasteiger partial charge is 0.261 e. The van der Waals surface area contributed by atoms with Gasteiger partial charge in [-0.05, 0) is 37.8 Å². The monoisotopic (exact) mass is 465 g/mol. The molecule has 3 aliphatic rings. The molecule has 6 rings (SSSR count). The number of halogens is 1. The van der Waals surface area contributed by atoms with Crippen molar-refractivity contribution in [3.05, 3.63) is 47.9 Å². The number of aliphatic hydroxyl groups excluding tert-OH is 1. The molecule has 2 aliphatic heterocycles. The van der Waals surface area contributed by atoms with E-state index >= 15 is 0 Å². The lowest BCUT2D eigenvalue weighted by atomic mass is 9.92. The van der Waals surface area contributed by atoms with Gasteiger partial charge in [-0.25, -0.2) is 13.9 Å². The second-order valence-electron chi connectivity index (χ2n) is 10.0. The maximum atomic E-state index is 14.7. The highest BCUT2D eigenvalue weighted by molar-refractivity contribution is 6.09. The van der Waals surface area contributed by atoms with Crippen molar-refractivity contribution in [2.24, 2.45) is 5.92 Å². The number of nitrogens with zero attached hydrogens (tertiary/aromatic N) is 4. The Balaban J connectivity index is 1.34. The number of ether oxygens (including phenoxy) is 1. The first-order valence-electron chi connectivity index (χ1n) is 11.9. The molecule has 2 fully saturated rings. The minimum atomic E-state index is -1.56. The van der Waals surface area contributed by atoms with Gasteiger partial charge in [0.05, 0.1) is 24.2 Å². The quantitative estimate of drug-likeness (QED) is 0.600. The third-order valence-corrected chi connectivity index (χ3v) is 7.56. The van der Waals surface area contributed by atoms with Gasteiger partial charge in [-0.2, -0.15) is 5.10 Å². The number of benzene rings is 1. The van der Waals surface area contributed by atoms with E-state index in [-0.39, 0.29) is 24.3 Å². The van der Waals surface area contributed by atoms with E-state index in [0.717, 1.165) is 23.4 Å². The Bertz CT molecular complexity index is 1260. The number of aromatic nitrogens is 3. The molecule has 8 nitrogen and oxygen atoms in total. The molecule has 1 amide bonds. The lowest BCUT2D eigenvalue weighted by Crippen LogP contribution is -2.44. The zero-order chi connectivity index (χ0) is 23.5. The van der Waals surface area contributed by atoms with Crippen molar-refractivity contribution in [2.45, 2.75) is 50.3 Å². The van der Waals surface area contributed by atoms with Gasteiger partial charge in [0, 0.05) is 56.4 Å². The van der Waals surface area contributed by atoms with Crippen LogP contribution in [0.15, 0.2) is 36.8 Å². The number of carbonyl (C=O) groups is 1. The van der Waals surface area contributed by atoms with Crippen LogP contribution in [0.5, 0.6) is 5.75 Å². The number of alkyl halides is 1. The summed E-state index contributed by atoms with van der Waals surface area (Å²) in [5.41, 5.74) is 1.62. The highest BCUT2D eigenvalue weighted by atomic mass is 19.1. The number of carbonyl (C=O) groups excluding carboxylic acids is 1. The molecule has 3 aromatic rings. The Labute approximate surface area is 196 Å². The maximum absolute atomic E-state index is 14.7. The van der Waals surface area contributed by atoms with Crippen LogP contribution in [0.2, 0.25) is 0 Å². The topological polar surface area (TPSA) is 92.0 Å². The van der Waals surface area contributed by atoms with E-state index in [9.17, 15) is 14.3 Å². The number of nitrogens with one attached hydrogen (secondary N) is 1. The minimum Gasteiger partial charge on any atom is -0.487 e. The Kier molecular flexibility index (Phi) is 4.81. The van der Waals surface area contributed by atoms with Crippen molar-refractivity contribution < 1.29 is 19.0 Å². The van der Waals surface area contributed by atoms with Crippen LogP contribution in [0.25, 0.3) is 5.65 Å². The van der Waals surface area contributed by atoms with E-state index in [1.54, 1.807) is 23.0 Å². The molecule has 178 valence electrons. The Morgan fingerprint density at radius 3 is 2.85 bits per heavy atom. The third-order valence-electron chi connectivity index (χ3n) is 7.56. The molecular weight excluding hydrogens is 437 g/mol. The fourth-order valence-electron chi connectivity index (χ4n) is 5.28. The number of rotatable bonds is 5. The molecule has 0 radical (unpaired) electrons. The summed E-state index contributed by atoms with van der Waals surface area (Å²) < 4.78 is 22.7. The summed E-state index contributed by atoms with van der Waals surface area (Å²) in [5, 5.41) is 16.7. The molecule has 9 heteroatoms. The van der Waals surface area contributed by atoms with Gasteiger partial charge >= 0.3 is 0 Å². The molecule has 1 saturated heterocycles. The van der Waals surface area contributed by atoms with Gasteiger partial charge < -0.3 is 20.1 Å². The summed E-state index contributed by atoms with van der Waals surface area (Å²) in [7, 11) is 0. The minimum absolute atomic E-state index is 0.221. The molecule has 0 bridgehead atoms. The number of fused-ring (bicyclic) bond motifs is 2. The first kappa shape index (κ1) is 21.3. The van der Waals surface area contributed by atoms with Gasteiger partial charge in [0.2, 0.25) is 0 Å². The molecule has 4 heterocycles. The van der Waals surface area contributed by atoms with E-state index < -0.39 is 12.3 Å². The zero-order valence-corrected chi connectivity index (χ0v) is 19.1. The first-order valence-corrected chi connectivity index (χ1v) is 11.9. The summed E-state index contributed by atoms with van der Waals surface area (Å²) in [4.78, 5) is 19.6. The highest BCUT2D eigenvalue weighted by Gasteiger charge is 2.48. The summed E-state index contributed by atoms with van der Waals surface area (Å²) in [6.45, 7) is 2.57. The molecule has 1 atom stereocenters. The molecule has 2 N–H and O–H groups in total. The second kappa shape index (κ2) is 7.66. The van der Waals surface area contributed by atoms with Gasteiger partial charge in [-0.1, -0.05) is 0 Å². The third kappa shape index (κ3) is 3.58. The van der Waals surface area contributed by atoms with Gasteiger partial charge in [0.25, 0.3) is 5.91 Å². The Hall–Kier alpha value is -3.20. The summed E-state index contributed by atoms with van der Waals surface area (Å²) in [5.74, 6) is 1.09. The fourth-order valence-corrected chi connectivity index (χ4v) is 5.28. The van der Waals surface area contributed by atoms with Gasteiger partial charge in [-0.3, -0.25) is 4.79 Å². The number of hydrogen-bond donors (Lipinski definition) is 2. The van der Waals surface area contributed by atoms with Crippen LogP contribution in [0.4, 0.5) is 15.8 Å². The second-order valence-corrected chi connectivity index (χ2v) is 10.0. The average Bonchev–Trinajstić information content (AvgIpc) is 3.53. The van der Waals surface area contributed by atoms with Gasteiger partial charge in [0.15, 0.2) is 5.65 Å². The zero-order valence-electron chi connectivity index (χ0n) is 19.1. The van der Waals surface area contributed by atoms with Crippen LogP contribution >= 0.6 is 0 Å². The largest absolute Gasteiger partial charge is 0.487 e. The number of aliphatic hydroxyl groups is 1. The molecule has 0 unspecified atom stereocenters. The summed E-state index contributed by atoms with van der Waals surface area (Å²) >= 11 is 0. The van der Waals surface area contributed by atoms with Crippen molar-refractivity contribution in [1.29, 1.82) is 0 Å². The van der Waals surface area contributed by atoms with E-state index in [2.05, 4.69) is 27.2 Å². The number of amides is 1. The van der Waals surface area contributed by atoms with E-state index in [4.69, 9.17) is 4.74 Å². The van der Waals surface area contributed by atoms with Crippen LogP contribution in [-0.2, 0) is 6.42 Å². The Morgan fingerprint density at radius 1 is 1.32 bits per heavy atom. The average molecular weight is 466 g/mol. The van der Waals surface area contributed by atoms with Crippen molar-refractivity contribution in [3.8, 4) is 5.75 Å². The molecule has 1 aliphatic carbocycles. The van der Waals surface area contributed by atoms with Crippen LogP contribution < -0.4 is 15.0 Å². The number of piperidine rings is 1. The molecule has 1 saturated carbocycles. The first-order chi connectivity index (χ1) is 16.4. The standard InChI is InChI=1S/C25H28FN5O3/c1-24(17-3-4-17)13-16-11-19(29-23(33)18-14-28-31-8-2-7-27-22(18)31)20(12-21(16)34-24)30-9-5-25(26,15-32)6-10-30/h2,7-8,11-12,14,17,32H,3-6,9-10,13,15H2,1H3,(H,29,33)/t24-/m1/s1. The summed E-state index contributed by atoms with van der Waals surface area (Å²) in [6.07, 6.45) is 8.49. The van der Waals surface area contributed by atoms with E-state index in [1.807, 2.05) is 12.1 Å². The van der Waals surface area contributed by atoms with Crippen molar-refractivity contribution in [3.63, 3.8) is 0 Å². The van der Waals surface area contributed by atoms with Crippen molar-refractivity contribution in [2.75, 3.05) is 29.9 Å². The predicted molar refractivity (Wildman–Crippen MR) is 125 cm³/mol. The van der Waals surface area contributed by atoms with Crippen LogP contribution in [0, 0.1) is 5.92 Å². The van der Waals surface area contributed by atoms with Crippen molar-refractivity contribution >= 4 is 22.9 Å². The van der Waals surface area contributed by atoms with Crippen LogP contribution in [0.1, 0.15) is 48.5 Å². The number of hydrogen-bond acceptors (Lipinski definition) is 6. The lowest BCUT2D eigenvalue weighted by molar-refractivity contribution is 0.0481. The predicted octanol–water partition coefficient (Wildman–Crippen LogP) is 3.39. The van der Waals surface area contributed by atoms with Gasteiger partial charge in [-0.15, -0.1) is 0 Å². The highest BCUT2D eigenvalue weighted by Crippen LogP contribution is 2.51.